The Kier molecular flexibility index (Phi) is 5.40. The van der Waals surface area contributed by atoms with Crippen LogP contribution < -0.4 is 21.9 Å². The molecular weight excluding hydrogens is 441 g/mol. The Morgan fingerprint density at radius 2 is 1.58 bits per heavy atom. The summed E-state index contributed by atoms with van der Waals surface area (Å²) in [5.74, 6) is -3.49. The number of anilines is 1. The van der Waals surface area contributed by atoms with E-state index in [9.17, 15) is 32.3 Å². The van der Waals surface area contributed by atoms with Gasteiger partial charge in [-0.15, -0.1) is 0 Å². The summed E-state index contributed by atoms with van der Waals surface area (Å²) in [5, 5.41) is 3.71. The normalized spacial score (nSPS) is 17.4. The molecule has 2 aromatic carbocycles. The molecule has 2 amide bonds. The maximum Gasteiger partial charge on any atom is 0.425 e. The van der Waals surface area contributed by atoms with Crippen LogP contribution in [-0.2, 0) is 23.3 Å². The number of hydrogen-bond donors (Lipinski definition) is 3. The third kappa shape index (κ3) is 3.71. The van der Waals surface area contributed by atoms with Gasteiger partial charge in [-0.25, -0.2) is 4.79 Å². The fourth-order valence-corrected chi connectivity index (χ4v) is 3.76. The van der Waals surface area contributed by atoms with E-state index in [0.29, 0.717) is 0 Å². The lowest BCUT2D eigenvalue weighted by Gasteiger charge is -2.30. The number of hydrogen-bond acceptors (Lipinski definition) is 4. The maximum absolute atomic E-state index is 14.4. The van der Waals surface area contributed by atoms with Crippen LogP contribution in [0.5, 0.6) is 0 Å². The second-order valence-electron chi connectivity index (χ2n) is 7.39. The standard InChI is InChI=1S/C22H17F3N4O4/c23-22(24,25)21(28-17(30)14-9-5-2-6-10-14)15-16(26-19(21)32)29(20(33)27-18(15)31)12-11-13-7-3-1-4-8-13/h1-10H,11-12H2,(H,26,32)(H,28,30)(H,27,31,33)/t21-/m1/s1. The van der Waals surface area contributed by atoms with E-state index in [1.807, 2.05) is 10.3 Å². The van der Waals surface area contributed by atoms with Gasteiger partial charge in [-0.1, -0.05) is 48.5 Å². The van der Waals surface area contributed by atoms with Crippen LogP contribution in [0.2, 0.25) is 0 Å². The number of aromatic nitrogens is 2. The van der Waals surface area contributed by atoms with Crippen molar-refractivity contribution in [3.63, 3.8) is 0 Å². The minimum atomic E-state index is -5.39. The number of carbonyl (C=O) groups is 2. The molecule has 11 heteroatoms. The minimum absolute atomic E-state index is 0.122. The van der Waals surface area contributed by atoms with Gasteiger partial charge in [0.05, 0.1) is 0 Å². The second-order valence-corrected chi connectivity index (χ2v) is 7.39. The number of nitrogens with zero attached hydrogens (tertiary/aromatic N) is 1. The predicted octanol–water partition coefficient (Wildman–Crippen LogP) is 1.92. The number of alkyl halides is 3. The van der Waals surface area contributed by atoms with Crippen molar-refractivity contribution in [1.29, 1.82) is 0 Å². The topological polar surface area (TPSA) is 113 Å². The van der Waals surface area contributed by atoms with E-state index in [0.717, 1.165) is 10.1 Å². The van der Waals surface area contributed by atoms with Crippen LogP contribution in [0.15, 0.2) is 70.3 Å². The highest BCUT2D eigenvalue weighted by Gasteiger charge is 2.68. The molecule has 0 spiro atoms. The van der Waals surface area contributed by atoms with E-state index in [1.54, 1.807) is 41.7 Å². The van der Waals surface area contributed by atoms with Crippen molar-refractivity contribution in [2.75, 3.05) is 5.32 Å². The number of amides is 2. The number of halogens is 3. The van der Waals surface area contributed by atoms with Crippen LogP contribution in [0.3, 0.4) is 0 Å². The van der Waals surface area contributed by atoms with Gasteiger partial charge in [0.15, 0.2) is 0 Å². The average molecular weight is 458 g/mol. The van der Waals surface area contributed by atoms with Gasteiger partial charge in [0.1, 0.15) is 11.4 Å². The van der Waals surface area contributed by atoms with Crippen molar-refractivity contribution >= 4 is 17.6 Å². The molecule has 4 rings (SSSR count). The van der Waals surface area contributed by atoms with Gasteiger partial charge < -0.3 is 10.6 Å². The Bertz CT molecular complexity index is 1330. The largest absolute Gasteiger partial charge is 0.425 e. The monoisotopic (exact) mass is 458 g/mol. The van der Waals surface area contributed by atoms with Crippen LogP contribution >= 0.6 is 0 Å². The van der Waals surface area contributed by atoms with Gasteiger partial charge in [0.25, 0.3) is 22.9 Å². The molecule has 1 atom stereocenters. The fraction of sp³-hybridized carbons (Fsp3) is 0.182. The number of rotatable bonds is 5. The number of H-pyrrole nitrogens is 1. The molecule has 8 nitrogen and oxygen atoms in total. The van der Waals surface area contributed by atoms with E-state index in [-0.39, 0.29) is 18.5 Å². The van der Waals surface area contributed by atoms with Gasteiger partial charge in [0.2, 0.25) is 0 Å². The van der Waals surface area contributed by atoms with Gasteiger partial charge in [0, 0.05) is 12.1 Å². The Morgan fingerprint density at radius 3 is 2.18 bits per heavy atom. The van der Waals surface area contributed by atoms with Crippen LogP contribution in [0.4, 0.5) is 19.0 Å². The molecular formula is C22H17F3N4O4. The molecule has 0 unspecified atom stereocenters. The zero-order valence-corrected chi connectivity index (χ0v) is 16.9. The first-order chi connectivity index (χ1) is 15.6. The first kappa shape index (κ1) is 22.1. The Balaban J connectivity index is 1.84. The molecule has 2 heterocycles. The molecule has 170 valence electrons. The van der Waals surface area contributed by atoms with Crippen molar-refractivity contribution in [3.05, 3.63) is 98.2 Å². The zero-order chi connectivity index (χ0) is 23.8. The van der Waals surface area contributed by atoms with E-state index < -0.39 is 46.2 Å². The third-order valence-electron chi connectivity index (χ3n) is 5.38. The maximum atomic E-state index is 14.4. The molecule has 1 aromatic heterocycles. The Labute approximate surface area is 184 Å². The van der Waals surface area contributed by atoms with Gasteiger partial charge in [-0.3, -0.25) is 23.9 Å². The summed E-state index contributed by atoms with van der Waals surface area (Å²) in [4.78, 5) is 52.2. The van der Waals surface area contributed by atoms with E-state index in [1.165, 1.54) is 24.3 Å². The van der Waals surface area contributed by atoms with E-state index >= 15 is 0 Å². The fourth-order valence-electron chi connectivity index (χ4n) is 3.76. The van der Waals surface area contributed by atoms with Crippen LogP contribution in [0.25, 0.3) is 0 Å². The van der Waals surface area contributed by atoms with Crippen molar-refractivity contribution in [1.82, 2.24) is 14.9 Å². The molecule has 0 fully saturated rings. The lowest BCUT2D eigenvalue weighted by atomic mass is 9.91. The van der Waals surface area contributed by atoms with Crippen molar-refractivity contribution in [2.45, 2.75) is 24.7 Å². The predicted molar refractivity (Wildman–Crippen MR) is 112 cm³/mol. The summed E-state index contributed by atoms with van der Waals surface area (Å²) < 4.78 is 44.0. The molecule has 0 saturated heterocycles. The zero-order valence-electron chi connectivity index (χ0n) is 16.9. The van der Waals surface area contributed by atoms with Gasteiger partial charge in [-0.05, 0) is 24.1 Å². The molecule has 1 aliphatic heterocycles. The van der Waals surface area contributed by atoms with Crippen molar-refractivity contribution in [2.24, 2.45) is 0 Å². The highest BCUT2D eigenvalue weighted by atomic mass is 19.4. The van der Waals surface area contributed by atoms with Crippen LogP contribution in [0, 0.1) is 0 Å². The number of aryl methyl sites for hydroxylation is 1. The summed E-state index contributed by atoms with van der Waals surface area (Å²) >= 11 is 0. The van der Waals surface area contributed by atoms with Crippen LogP contribution in [-0.4, -0.2) is 27.5 Å². The highest BCUT2D eigenvalue weighted by molar-refractivity contribution is 6.09. The van der Waals surface area contributed by atoms with E-state index in [4.69, 9.17) is 0 Å². The summed E-state index contributed by atoms with van der Waals surface area (Å²) in [7, 11) is 0. The SMILES string of the molecule is O=C(N[C@@]1(C(F)(F)F)C(=O)Nc2c1c(=O)[nH]c(=O)n2CCc1ccccc1)c1ccccc1. The van der Waals surface area contributed by atoms with Gasteiger partial charge in [-0.2, -0.15) is 13.2 Å². The number of benzene rings is 2. The van der Waals surface area contributed by atoms with Crippen LogP contribution in [0.1, 0.15) is 21.5 Å². The Hall–Kier alpha value is -4.15. The summed E-state index contributed by atoms with van der Waals surface area (Å²) in [5.41, 5.74) is -6.52. The smallest absolute Gasteiger partial charge is 0.326 e. The molecule has 33 heavy (non-hydrogen) atoms. The number of carbonyl (C=O) groups excluding carboxylic acids is 2. The third-order valence-corrected chi connectivity index (χ3v) is 5.38. The second kappa shape index (κ2) is 8.08. The van der Waals surface area contributed by atoms with Crippen molar-refractivity contribution < 1.29 is 22.8 Å². The lowest BCUT2D eigenvalue weighted by molar-refractivity contribution is -0.196. The molecule has 3 N–H and O–H groups in total. The summed E-state index contributed by atoms with van der Waals surface area (Å²) in [6.07, 6.45) is -5.15. The van der Waals surface area contributed by atoms with E-state index in [2.05, 4.69) is 0 Å². The number of aromatic amines is 1. The summed E-state index contributed by atoms with van der Waals surface area (Å²) in [6, 6.07) is 15.8. The first-order valence-electron chi connectivity index (χ1n) is 9.82. The number of fused-ring (bicyclic) bond motifs is 1. The molecule has 0 radical (unpaired) electrons. The molecule has 0 bridgehead atoms. The Morgan fingerprint density at radius 1 is 0.970 bits per heavy atom. The lowest BCUT2D eigenvalue weighted by Crippen LogP contribution is -2.62. The van der Waals surface area contributed by atoms with Crippen molar-refractivity contribution in [3.8, 4) is 0 Å². The molecule has 0 aliphatic carbocycles. The molecule has 1 aliphatic rings. The highest BCUT2D eigenvalue weighted by Crippen LogP contribution is 2.45. The summed E-state index contributed by atoms with van der Waals surface area (Å²) in [6.45, 7) is -0.122. The van der Waals surface area contributed by atoms with Gasteiger partial charge >= 0.3 is 11.9 Å². The quantitative estimate of drug-likeness (QED) is 0.542. The average Bonchev–Trinajstić information content (AvgIpc) is 3.08. The molecule has 0 saturated carbocycles. The first-order valence-corrected chi connectivity index (χ1v) is 9.82. The minimum Gasteiger partial charge on any atom is -0.326 e. The number of nitrogens with one attached hydrogen (secondary N) is 3. The molecule has 3 aromatic rings.